The summed E-state index contributed by atoms with van der Waals surface area (Å²) in [5.41, 5.74) is 0.136. The van der Waals surface area contributed by atoms with Gasteiger partial charge in [0, 0.05) is 42.8 Å². The van der Waals surface area contributed by atoms with Gasteiger partial charge in [0.1, 0.15) is 33.4 Å². The van der Waals surface area contributed by atoms with Crippen LogP contribution in [0.25, 0.3) is 11.0 Å². The van der Waals surface area contributed by atoms with Crippen LogP contribution in [0, 0.1) is 11.7 Å². The molecule has 7 rings (SSSR count). The number of sulfone groups is 1. The lowest BCUT2D eigenvalue weighted by atomic mass is 9.84. The largest absolute Gasteiger partial charge is 0.381 e. The molecule has 1 unspecified atom stereocenters. The van der Waals surface area contributed by atoms with E-state index in [9.17, 15) is 13.2 Å². The summed E-state index contributed by atoms with van der Waals surface area (Å²) in [4.78, 5) is 25.0. The number of rotatable bonds is 1. The highest BCUT2D eigenvalue weighted by molar-refractivity contribution is 7.91. The molecule has 2 saturated heterocycles. The molecule has 4 aliphatic heterocycles. The average Bonchev–Trinajstić information content (AvgIpc) is 3.05. The fraction of sp³-hybridized carbons (Fsp3) is 0.618. The molecule has 8 bridgehead atoms. The molecule has 3 aromatic rings. The van der Waals surface area contributed by atoms with Crippen LogP contribution in [-0.4, -0.2) is 71.7 Å². The van der Waals surface area contributed by atoms with E-state index in [0.29, 0.717) is 74.5 Å². The van der Waals surface area contributed by atoms with E-state index >= 15 is 13.2 Å². The number of nitrogens with zero attached hydrogens (tertiary/aromatic N) is 4. The number of ether oxygens (including phenoxy) is 1. The van der Waals surface area contributed by atoms with E-state index in [1.807, 2.05) is 0 Å². The lowest BCUT2D eigenvalue weighted by molar-refractivity contribution is -0.0908. The molecule has 13 heteroatoms. The van der Waals surface area contributed by atoms with Gasteiger partial charge in [0.2, 0.25) is 0 Å². The Morgan fingerprint density at radius 3 is 2.43 bits per heavy atom. The Morgan fingerprint density at radius 1 is 0.957 bits per heavy atom. The summed E-state index contributed by atoms with van der Waals surface area (Å²) in [6, 6.07) is 5.35. The number of piperidine rings is 1. The molecule has 0 spiro atoms. The van der Waals surface area contributed by atoms with Crippen molar-refractivity contribution in [2.75, 3.05) is 43.1 Å². The lowest BCUT2D eigenvalue weighted by Gasteiger charge is -2.39. The van der Waals surface area contributed by atoms with Crippen LogP contribution in [0.3, 0.4) is 0 Å². The first-order valence-electron chi connectivity index (χ1n) is 16.8. The minimum Gasteiger partial charge on any atom is -0.381 e. The molecular weight excluding hydrogens is 631 g/mol. The topological polar surface area (TPSA) is 106 Å². The number of hydrogen-bond acceptors (Lipinski definition) is 8. The first-order valence-corrected chi connectivity index (χ1v) is 18.6. The summed E-state index contributed by atoms with van der Waals surface area (Å²) in [6.07, 6.45) is 4.82. The second kappa shape index (κ2) is 13.8. The third kappa shape index (κ3) is 7.07. The minimum absolute atomic E-state index is 0.00784. The van der Waals surface area contributed by atoms with Gasteiger partial charge in [-0.15, -0.1) is 0 Å². The van der Waals surface area contributed by atoms with E-state index in [1.165, 1.54) is 24.5 Å². The normalized spacial score (nSPS) is 27.5. The van der Waals surface area contributed by atoms with Crippen molar-refractivity contribution in [2.24, 2.45) is 5.92 Å². The van der Waals surface area contributed by atoms with Crippen molar-refractivity contribution in [1.29, 1.82) is 0 Å². The molecule has 0 saturated carbocycles. The van der Waals surface area contributed by atoms with Gasteiger partial charge in [0.25, 0.3) is 11.5 Å². The zero-order valence-electron chi connectivity index (χ0n) is 27.1. The molecule has 4 aliphatic rings. The molecule has 1 N–H and O–H groups in total. The van der Waals surface area contributed by atoms with E-state index in [2.05, 4.69) is 27.1 Å². The van der Waals surface area contributed by atoms with Gasteiger partial charge in [0.05, 0.1) is 28.5 Å². The zero-order valence-corrected chi connectivity index (χ0v) is 27.9. The van der Waals surface area contributed by atoms with Crippen molar-refractivity contribution >= 4 is 26.7 Å². The van der Waals surface area contributed by atoms with Gasteiger partial charge in [0.15, 0.2) is 0 Å². The standard InChI is InChI=1S/C34H44F3N5O4S/c1-22-6-4-16-46-17-5-13-42-32-28(20-27(33(42)43)24-11-18-47(44,45)19-12-24)31(38-21-39-32)40-23(2)26-7-3-8-29(30(26)35)34(36,37)25-9-14-41(22)15-10-25/h3,7-8,20-25H,4-6,9-19H2,1-2H3,(H,38,39,40)/t22?,23-/m1/s1. The Bertz CT molecular complexity index is 1750. The highest BCUT2D eigenvalue weighted by Crippen LogP contribution is 2.44. The Hall–Kier alpha value is -3.03. The van der Waals surface area contributed by atoms with Gasteiger partial charge in [-0.25, -0.2) is 31.6 Å². The Morgan fingerprint density at radius 2 is 1.68 bits per heavy atom. The molecule has 2 atom stereocenters. The predicted octanol–water partition coefficient (Wildman–Crippen LogP) is 5.79. The van der Waals surface area contributed by atoms with Crippen molar-refractivity contribution < 1.29 is 26.3 Å². The maximum Gasteiger partial charge on any atom is 0.278 e. The predicted molar refractivity (Wildman–Crippen MR) is 175 cm³/mol. The molecule has 0 aliphatic carbocycles. The third-order valence-electron chi connectivity index (χ3n) is 10.4. The summed E-state index contributed by atoms with van der Waals surface area (Å²) in [7, 11) is -3.15. The van der Waals surface area contributed by atoms with Crippen molar-refractivity contribution in [1.82, 2.24) is 19.4 Å². The van der Waals surface area contributed by atoms with E-state index in [1.54, 1.807) is 17.6 Å². The van der Waals surface area contributed by atoms with Gasteiger partial charge in [-0.3, -0.25) is 9.36 Å². The molecule has 0 amide bonds. The SMILES string of the molecule is CC1CCCOCCCn2c(=O)c(C3CCS(=O)(=O)CC3)cc3c(ncnc32)N[C@H](C)c2cccc(c2F)C(F)(F)C2CCN1CC2. The molecule has 2 fully saturated rings. The van der Waals surface area contributed by atoms with Crippen molar-refractivity contribution in [3.63, 3.8) is 0 Å². The highest BCUT2D eigenvalue weighted by Gasteiger charge is 2.45. The Labute approximate surface area is 273 Å². The molecule has 6 heterocycles. The van der Waals surface area contributed by atoms with Gasteiger partial charge in [-0.2, -0.15) is 0 Å². The number of anilines is 1. The van der Waals surface area contributed by atoms with Crippen molar-refractivity contribution in [3.05, 3.63) is 63.5 Å². The van der Waals surface area contributed by atoms with Crippen molar-refractivity contribution in [3.8, 4) is 0 Å². The van der Waals surface area contributed by atoms with Gasteiger partial charge >= 0.3 is 0 Å². The lowest BCUT2D eigenvalue weighted by Crippen LogP contribution is -2.43. The van der Waals surface area contributed by atoms with E-state index in [4.69, 9.17) is 4.74 Å². The van der Waals surface area contributed by atoms with Crippen LogP contribution in [-0.2, 0) is 27.0 Å². The third-order valence-corrected chi connectivity index (χ3v) is 12.1. The Kier molecular flexibility index (Phi) is 9.96. The molecular formula is C34H44F3N5O4S. The molecule has 2 aromatic heterocycles. The number of fused-ring (bicyclic) bond motifs is 10. The highest BCUT2D eigenvalue weighted by atomic mass is 32.2. The molecule has 0 radical (unpaired) electrons. The number of aryl methyl sites for hydroxylation is 1. The van der Waals surface area contributed by atoms with Gasteiger partial charge in [-0.05, 0) is 83.9 Å². The average molecular weight is 676 g/mol. The second-order valence-electron chi connectivity index (χ2n) is 13.4. The second-order valence-corrected chi connectivity index (χ2v) is 15.7. The summed E-state index contributed by atoms with van der Waals surface area (Å²) >= 11 is 0. The number of aromatic nitrogens is 3. The van der Waals surface area contributed by atoms with Crippen LogP contribution >= 0.6 is 0 Å². The van der Waals surface area contributed by atoms with Crippen LogP contribution in [0.2, 0.25) is 0 Å². The summed E-state index contributed by atoms with van der Waals surface area (Å²) in [6.45, 7) is 6.19. The minimum atomic E-state index is -3.33. The zero-order chi connectivity index (χ0) is 33.3. The van der Waals surface area contributed by atoms with Crippen LogP contribution in [0.1, 0.15) is 87.4 Å². The maximum atomic E-state index is 16.1. The molecule has 47 heavy (non-hydrogen) atoms. The smallest absolute Gasteiger partial charge is 0.278 e. The summed E-state index contributed by atoms with van der Waals surface area (Å²) in [5, 5.41) is 3.74. The number of nitrogens with one attached hydrogen (secondary N) is 1. The first kappa shape index (κ1) is 33.9. The summed E-state index contributed by atoms with van der Waals surface area (Å²) in [5.74, 6) is -5.14. The number of benzene rings is 1. The van der Waals surface area contributed by atoms with E-state index in [-0.39, 0.29) is 47.4 Å². The fourth-order valence-corrected chi connectivity index (χ4v) is 8.95. The number of alkyl halides is 2. The maximum absolute atomic E-state index is 16.1. The number of hydrogen-bond donors (Lipinski definition) is 1. The first-order chi connectivity index (χ1) is 22.5. The molecule has 256 valence electrons. The number of pyridine rings is 1. The van der Waals surface area contributed by atoms with Gasteiger partial charge < -0.3 is 15.0 Å². The number of halogens is 3. The summed E-state index contributed by atoms with van der Waals surface area (Å²) < 4.78 is 79.9. The quantitative estimate of drug-likeness (QED) is 0.346. The van der Waals surface area contributed by atoms with E-state index in [0.717, 1.165) is 12.8 Å². The van der Waals surface area contributed by atoms with Crippen molar-refractivity contribution in [2.45, 2.75) is 89.3 Å². The Balaban J connectivity index is 1.40. The van der Waals surface area contributed by atoms with Crippen LogP contribution in [0.4, 0.5) is 19.0 Å². The molecule has 9 nitrogen and oxygen atoms in total. The van der Waals surface area contributed by atoms with E-state index < -0.39 is 39.1 Å². The van der Waals surface area contributed by atoms with Gasteiger partial charge in [-0.1, -0.05) is 18.2 Å². The monoisotopic (exact) mass is 675 g/mol. The van der Waals surface area contributed by atoms with Crippen LogP contribution in [0.5, 0.6) is 0 Å². The molecule has 1 aromatic carbocycles. The fourth-order valence-electron chi connectivity index (χ4n) is 7.46. The van der Waals surface area contributed by atoms with Crippen LogP contribution < -0.4 is 10.9 Å². The van der Waals surface area contributed by atoms with Crippen LogP contribution in [0.15, 0.2) is 35.4 Å².